The highest BCUT2D eigenvalue weighted by molar-refractivity contribution is 5.93. The molecule has 31 heavy (non-hydrogen) atoms. The third-order valence-electron chi connectivity index (χ3n) is 6.09. The van der Waals surface area contributed by atoms with Gasteiger partial charge in [0, 0.05) is 43.5 Å². The molecule has 3 rings (SSSR count). The maximum Gasteiger partial charge on any atom is 0.248 e. The van der Waals surface area contributed by atoms with Gasteiger partial charge in [-0.2, -0.15) is 0 Å². The number of hydroxylamine groups is 2. The first-order chi connectivity index (χ1) is 14.9. The van der Waals surface area contributed by atoms with E-state index in [-0.39, 0.29) is 22.8 Å². The largest absolute Gasteiger partial charge is 0.366 e. The molecule has 7 heteroatoms. The molecule has 0 radical (unpaired) electrons. The van der Waals surface area contributed by atoms with Crippen LogP contribution < -0.4 is 10.4 Å². The molecule has 1 amide bonds. The van der Waals surface area contributed by atoms with Gasteiger partial charge in [0.2, 0.25) is 5.91 Å². The van der Waals surface area contributed by atoms with Crippen molar-refractivity contribution >= 4 is 11.6 Å². The topological polar surface area (TPSA) is 85.0 Å². The third kappa shape index (κ3) is 5.31. The van der Waals surface area contributed by atoms with Gasteiger partial charge in [0.1, 0.15) is 12.8 Å². The highest BCUT2D eigenvalue weighted by atomic mass is 16.7. The minimum atomic E-state index is -0.481. The molecule has 1 heterocycles. The van der Waals surface area contributed by atoms with Crippen molar-refractivity contribution in [1.29, 1.82) is 0 Å². The standard InChI is InChI=1S/C24H33N3O4/c1-18(2)27(29,21-11-9-20(10-12-21)24(25)28)23(19-7-5-4-6-8-19)16-26-14-13-22(15-26)31-17-30-3/h4-12,18,22-23,29H,13-17H2,1-3H3,(H-,25,28)/p+1/t22-,23+,27?/m0/s1. The Balaban J connectivity index is 1.93. The Morgan fingerprint density at radius 1 is 1.19 bits per heavy atom. The van der Waals surface area contributed by atoms with Crippen LogP contribution in [0.1, 0.15) is 42.2 Å². The number of nitrogens with zero attached hydrogens (tertiary/aromatic N) is 2. The fourth-order valence-corrected chi connectivity index (χ4v) is 4.34. The van der Waals surface area contributed by atoms with Gasteiger partial charge < -0.3 is 15.2 Å². The van der Waals surface area contributed by atoms with Crippen molar-refractivity contribution in [3.8, 4) is 0 Å². The van der Waals surface area contributed by atoms with Crippen LogP contribution in [0.3, 0.4) is 0 Å². The number of rotatable bonds is 10. The zero-order chi connectivity index (χ0) is 22.4. The van der Waals surface area contributed by atoms with Crippen molar-refractivity contribution in [3.63, 3.8) is 0 Å². The van der Waals surface area contributed by atoms with E-state index in [0.29, 0.717) is 18.9 Å². The van der Waals surface area contributed by atoms with Gasteiger partial charge >= 0.3 is 0 Å². The lowest BCUT2D eigenvalue weighted by atomic mass is 10.0. The van der Waals surface area contributed by atoms with Gasteiger partial charge in [-0.05, 0) is 32.4 Å². The molecule has 0 aromatic heterocycles. The Morgan fingerprint density at radius 3 is 2.45 bits per heavy atom. The van der Waals surface area contributed by atoms with Crippen LogP contribution in [0.4, 0.5) is 5.69 Å². The molecule has 7 nitrogen and oxygen atoms in total. The van der Waals surface area contributed by atoms with E-state index >= 15 is 0 Å². The molecule has 1 unspecified atom stereocenters. The number of ether oxygens (including phenoxy) is 2. The summed E-state index contributed by atoms with van der Waals surface area (Å²) in [4.78, 5) is 13.8. The summed E-state index contributed by atoms with van der Waals surface area (Å²) < 4.78 is 10.5. The van der Waals surface area contributed by atoms with Crippen LogP contribution in [0.15, 0.2) is 54.6 Å². The number of carbonyl (C=O) groups excluding carboxylic acids is 1. The quantitative estimate of drug-likeness (QED) is 0.344. The molecule has 2 aromatic rings. The molecule has 1 aliphatic heterocycles. The predicted molar refractivity (Wildman–Crippen MR) is 121 cm³/mol. The second-order valence-electron chi connectivity index (χ2n) is 8.41. The number of likely N-dealkylation sites (tertiary alicyclic amines) is 1. The number of nitrogens with two attached hydrogens (primary N) is 1. The van der Waals surface area contributed by atoms with Crippen LogP contribution in [0.2, 0.25) is 0 Å². The van der Waals surface area contributed by atoms with Crippen LogP contribution in [-0.2, 0) is 9.47 Å². The van der Waals surface area contributed by atoms with Crippen molar-refractivity contribution < 1.29 is 19.5 Å². The minimum absolute atomic E-state index is 0.118. The Bertz CT molecular complexity index is 844. The fourth-order valence-electron chi connectivity index (χ4n) is 4.34. The fraction of sp³-hybridized carbons (Fsp3) is 0.458. The molecular weight excluding hydrogens is 394 g/mol. The summed E-state index contributed by atoms with van der Waals surface area (Å²) in [6, 6.07) is 16.7. The van der Waals surface area contributed by atoms with E-state index in [1.54, 1.807) is 31.4 Å². The summed E-state index contributed by atoms with van der Waals surface area (Å²) in [6.45, 7) is 6.67. The summed E-state index contributed by atoms with van der Waals surface area (Å²) in [5.41, 5.74) is 7.61. The number of primary amides is 1. The first kappa shape index (κ1) is 23.4. The highest BCUT2D eigenvalue weighted by Crippen LogP contribution is 2.37. The van der Waals surface area contributed by atoms with Gasteiger partial charge in [-0.3, -0.25) is 9.69 Å². The third-order valence-corrected chi connectivity index (χ3v) is 6.09. The second kappa shape index (κ2) is 10.3. The van der Waals surface area contributed by atoms with E-state index in [4.69, 9.17) is 15.2 Å². The van der Waals surface area contributed by atoms with Crippen LogP contribution in [0, 0.1) is 0 Å². The predicted octanol–water partition coefficient (Wildman–Crippen LogP) is 3.33. The van der Waals surface area contributed by atoms with Crippen LogP contribution in [0.5, 0.6) is 0 Å². The molecule has 0 aliphatic carbocycles. The van der Waals surface area contributed by atoms with Gasteiger partial charge in [-0.1, -0.05) is 30.3 Å². The molecule has 2 aromatic carbocycles. The molecule has 3 N–H and O–H groups in total. The summed E-state index contributed by atoms with van der Waals surface area (Å²) in [7, 11) is 1.63. The molecule has 1 saturated heterocycles. The molecule has 0 saturated carbocycles. The van der Waals surface area contributed by atoms with Gasteiger partial charge in [0.25, 0.3) is 0 Å². The second-order valence-corrected chi connectivity index (χ2v) is 8.41. The van der Waals surface area contributed by atoms with E-state index in [0.717, 1.165) is 30.8 Å². The highest BCUT2D eigenvalue weighted by Gasteiger charge is 2.44. The Labute approximate surface area is 184 Å². The lowest BCUT2D eigenvalue weighted by Crippen LogP contribution is -2.57. The van der Waals surface area contributed by atoms with Crippen molar-refractivity contribution in [2.45, 2.75) is 38.5 Å². The van der Waals surface area contributed by atoms with E-state index in [2.05, 4.69) is 17.0 Å². The van der Waals surface area contributed by atoms with Crippen molar-refractivity contribution in [1.82, 2.24) is 9.55 Å². The number of benzene rings is 2. The molecule has 1 aliphatic rings. The number of hydrogen-bond donors (Lipinski definition) is 2. The SMILES string of the molecule is COCO[C@H]1CCN(C[C@H](c2ccccc2)[N+](O)(c2ccc(C(N)=O)cc2)C(C)C)C1. The Hall–Kier alpha value is -2.29. The van der Waals surface area contributed by atoms with Crippen molar-refractivity contribution in [2.24, 2.45) is 5.73 Å². The average Bonchev–Trinajstić information content (AvgIpc) is 3.23. The van der Waals surface area contributed by atoms with Crippen molar-refractivity contribution in [2.75, 3.05) is 33.5 Å². The van der Waals surface area contributed by atoms with E-state index in [1.165, 1.54) is 0 Å². The summed E-state index contributed by atoms with van der Waals surface area (Å²) >= 11 is 0. The normalized spacial score (nSPS) is 20.0. The minimum Gasteiger partial charge on any atom is -0.366 e. The van der Waals surface area contributed by atoms with Gasteiger partial charge in [-0.25, -0.2) is 5.21 Å². The smallest absolute Gasteiger partial charge is 0.248 e. The zero-order valence-electron chi connectivity index (χ0n) is 18.6. The number of hydrogen-bond acceptors (Lipinski definition) is 5. The summed E-state index contributed by atoms with van der Waals surface area (Å²) in [5, 5.41) is 12.1. The summed E-state index contributed by atoms with van der Waals surface area (Å²) in [6.07, 6.45) is 1.07. The van der Waals surface area contributed by atoms with E-state index < -0.39 is 5.91 Å². The lowest BCUT2D eigenvalue weighted by Gasteiger charge is -2.42. The lowest BCUT2D eigenvalue weighted by molar-refractivity contribution is -0.146. The Morgan fingerprint density at radius 2 is 1.87 bits per heavy atom. The van der Waals surface area contributed by atoms with Crippen LogP contribution >= 0.6 is 0 Å². The van der Waals surface area contributed by atoms with E-state index in [9.17, 15) is 10.0 Å². The van der Waals surface area contributed by atoms with Crippen molar-refractivity contribution in [3.05, 3.63) is 65.7 Å². The first-order valence-electron chi connectivity index (χ1n) is 10.8. The molecule has 168 valence electrons. The number of methoxy groups -OCH3 is 1. The maximum absolute atomic E-state index is 12.1. The van der Waals surface area contributed by atoms with Crippen LogP contribution in [-0.4, -0.2) is 61.7 Å². The van der Waals surface area contributed by atoms with Gasteiger partial charge in [-0.15, -0.1) is 4.65 Å². The molecule has 1 fully saturated rings. The molecular formula is C24H34N3O4+. The number of quaternary nitrogens is 1. The monoisotopic (exact) mass is 428 g/mol. The first-order valence-corrected chi connectivity index (χ1v) is 10.8. The average molecular weight is 429 g/mol. The summed E-state index contributed by atoms with van der Waals surface area (Å²) in [5.74, 6) is -0.481. The zero-order valence-corrected chi connectivity index (χ0v) is 18.6. The number of carbonyl (C=O) groups is 1. The number of amides is 1. The molecule has 0 spiro atoms. The Kier molecular flexibility index (Phi) is 7.80. The van der Waals surface area contributed by atoms with E-state index in [1.807, 2.05) is 32.0 Å². The van der Waals surface area contributed by atoms with Gasteiger partial charge in [0.05, 0.1) is 12.6 Å². The maximum atomic E-state index is 12.1. The van der Waals surface area contributed by atoms with Gasteiger partial charge in [0.15, 0.2) is 11.7 Å². The molecule has 0 bridgehead atoms. The van der Waals surface area contributed by atoms with Crippen LogP contribution in [0.25, 0.3) is 0 Å². The molecule has 3 atom stereocenters.